The van der Waals surface area contributed by atoms with Crippen molar-refractivity contribution < 1.29 is 9.59 Å². The number of anilines is 1. The van der Waals surface area contributed by atoms with Gasteiger partial charge in [0.1, 0.15) is 6.54 Å². The summed E-state index contributed by atoms with van der Waals surface area (Å²) < 4.78 is 0. The van der Waals surface area contributed by atoms with Gasteiger partial charge in [-0.1, -0.05) is 72.3 Å². The number of hydrogen-bond acceptors (Lipinski definition) is 3. The molecule has 6 heteroatoms. The molecule has 3 aromatic rings. The van der Waals surface area contributed by atoms with Gasteiger partial charge in [0.15, 0.2) is 0 Å². The number of benzene rings is 3. The Morgan fingerprint density at radius 1 is 1.00 bits per heavy atom. The number of thioether (sulfide) groups is 1. The third kappa shape index (κ3) is 4.69. The molecule has 0 spiro atoms. The second kappa shape index (κ2) is 9.37. The van der Waals surface area contributed by atoms with E-state index in [1.807, 2.05) is 72.8 Å². The molecule has 0 fully saturated rings. The van der Waals surface area contributed by atoms with Gasteiger partial charge in [0, 0.05) is 28.1 Å². The van der Waals surface area contributed by atoms with E-state index in [1.54, 1.807) is 22.7 Å². The maximum Gasteiger partial charge on any atom is 0.240 e. The lowest BCUT2D eigenvalue weighted by atomic mass is 10.1. The molecule has 0 aliphatic carbocycles. The summed E-state index contributed by atoms with van der Waals surface area (Å²) in [6, 6.07) is 25.2. The molecule has 4 rings (SSSR count). The van der Waals surface area contributed by atoms with E-state index in [1.165, 1.54) is 0 Å². The first-order valence-electron chi connectivity index (χ1n) is 9.73. The second-order valence-electron chi connectivity index (χ2n) is 7.04. The predicted molar refractivity (Wildman–Crippen MR) is 122 cm³/mol. The smallest absolute Gasteiger partial charge is 0.240 e. The van der Waals surface area contributed by atoms with E-state index in [0.29, 0.717) is 18.0 Å². The van der Waals surface area contributed by atoms with Crippen molar-refractivity contribution in [2.45, 2.75) is 23.1 Å². The van der Waals surface area contributed by atoms with Crippen molar-refractivity contribution in [1.82, 2.24) is 5.32 Å². The number of rotatable bonds is 5. The monoisotopic (exact) mass is 436 g/mol. The minimum Gasteiger partial charge on any atom is -0.350 e. The van der Waals surface area contributed by atoms with Crippen molar-refractivity contribution in [3.63, 3.8) is 0 Å². The van der Waals surface area contributed by atoms with Crippen LogP contribution in [0.1, 0.15) is 22.8 Å². The molecule has 2 amide bonds. The third-order valence-corrected chi connectivity index (χ3v) is 6.68. The van der Waals surface area contributed by atoms with Crippen LogP contribution in [0.25, 0.3) is 0 Å². The topological polar surface area (TPSA) is 49.4 Å². The molecule has 3 aromatic carbocycles. The number of carbonyl (C=O) groups is 2. The molecule has 1 aliphatic rings. The molecule has 1 aliphatic heterocycles. The van der Waals surface area contributed by atoms with Crippen LogP contribution in [0.3, 0.4) is 0 Å². The van der Waals surface area contributed by atoms with E-state index >= 15 is 0 Å². The molecule has 1 atom stereocenters. The van der Waals surface area contributed by atoms with E-state index in [-0.39, 0.29) is 23.6 Å². The Balaban J connectivity index is 1.52. The highest BCUT2D eigenvalue weighted by atomic mass is 35.5. The van der Waals surface area contributed by atoms with Crippen LogP contribution >= 0.6 is 23.4 Å². The fourth-order valence-corrected chi connectivity index (χ4v) is 4.92. The second-order valence-corrected chi connectivity index (χ2v) is 8.69. The van der Waals surface area contributed by atoms with Crippen LogP contribution in [-0.2, 0) is 16.1 Å². The summed E-state index contributed by atoms with van der Waals surface area (Å²) in [5, 5.41) is 3.50. The van der Waals surface area contributed by atoms with E-state index < -0.39 is 0 Å². The Hall–Kier alpha value is -2.76. The Bertz CT molecular complexity index is 1060. The molecule has 30 heavy (non-hydrogen) atoms. The zero-order valence-electron chi connectivity index (χ0n) is 16.3. The highest BCUT2D eigenvalue weighted by Crippen LogP contribution is 2.45. The normalized spacial score (nSPS) is 16.0. The van der Waals surface area contributed by atoms with Crippen LogP contribution in [0, 0.1) is 0 Å². The number of halogens is 1. The Morgan fingerprint density at radius 2 is 1.70 bits per heavy atom. The molecule has 0 aromatic heterocycles. The fourth-order valence-electron chi connectivity index (χ4n) is 3.44. The van der Waals surface area contributed by atoms with Crippen molar-refractivity contribution in [2.75, 3.05) is 11.4 Å². The van der Waals surface area contributed by atoms with Crippen LogP contribution in [-0.4, -0.2) is 18.4 Å². The number of carbonyl (C=O) groups excluding carboxylic acids is 2. The van der Waals surface area contributed by atoms with Gasteiger partial charge in [-0.05, 0) is 29.3 Å². The van der Waals surface area contributed by atoms with Crippen LogP contribution < -0.4 is 10.2 Å². The average Bonchev–Trinajstić information content (AvgIpc) is 2.90. The molecule has 0 radical (unpaired) electrons. The molecule has 0 saturated heterocycles. The van der Waals surface area contributed by atoms with Gasteiger partial charge in [-0.15, -0.1) is 11.8 Å². The van der Waals surface area contributed by atoms with Gasteiger partial charge < -0.3 is 10.2 Å². The number of fused-ring (bicyclic) bond motifs is 1. The highest BCUT2D eigenvalue weighted by molar-refractivity contribution is 7.99. The zero-order valence-corrected chi connectivity index (χ0v) is 17.8. The summed E-state index contributed by atoms with van der Waals surface area (Å²) in [6.45, 7) is 0.298. The van der Waals surface area contributed by atoms with Gasteiger partial charge in [0.25, 0.3) is 0 Å². The van der Waals surface area contributed by atoms with Crippen molar-refractivity contribution >= 4 is 40.9 Å². The molecular weight excluding hydrogens is 416 g/mol. The molecule has 0 unspecified atom stereocenters. The maximum absolute atomic E-state index is 13.1. The van der Waals surface area contributed by atoms with Crippen molar-refractivity contribution in [2.24, 2.45) is 0 Å². The van der Waals surface area contributed by atoms with E-state index in [9.17, 15) is 9.59 Å². The molecular formula is C24H21ClN2O2S. The molecule has 152 valence electrons. The Morgan fingerprint density at radius 3 is 2.50 bits per heavy atom. The summed E-state index contributed by atoms with van der Waals surface area (Å²) in [5.41, 5.74) is 2.73. The van der Waals surface area contributed by atoms with Gasteiger partial charge in [-0.3, -0.25) is 9.59 Å². The van der Waals surface area contributed by atoms with E-state index in [2.05, 4.69) is 5.32 Å². The van der Waals surface area contributed by atoms with Crippen molar-refractivity contribution in [3.8, 4) is 0 Å². The quantitative estimate of drug-likeness (QED) is 0.596. The molecule has 1 heterocycles. The van der Waals surface area contributed by atoms with Gasteiger partial charge in [0.2, 0.25) is 11.8 Å². The lowest BCUT2D eigenvalue weighted by molar-refractivity contribution is -0.124. The van der Waals surface area contributed by atoms with Crippen molar-refractivity contribution in [1.29, 1.82) is 0 Å². The molecule has 4 nitrogen and oxygen atoms in total. The largest absolute Gasteiger partial charge is 0.350 e. The first-order chi connectivity index (χ1) is 14.6. The van der Waals surface area contributed by atoms with Crippen LogP contribution in [0.4, 0.5) is 5.69 Å². The van der Waals surface area contributed by atoms with Gasteiger partial charge in [-0.2, -0.15) is 0 Å². The summed E-state index contributed by atoms with van der Waals surface area (Å²) in [6.07, 6.45) is 0.334. The summed E-state index contributed by atoms with van der Waals surface area (Å²) in [5.74, 6) is -0.282. The molecule has 0 bridgehead atoms. The Labute approximate surface area is 185 Å². The predicted octanol–water partition coefficient (Wildman–Crippen LogP) is 5.23. The van der Waals surface area contributed by atoms with E-state index in [4.69, 9.17) is 11.6 Å². The Kier molecular flexibility index (Phi) is 6.41. The lowest BCUT2D eigenvalue weighted by Gasteiger charge is -2.22. The van der Waals surface area contributed by atoms with Gasteiger partial charge >= 0.3 is 0 Å². The van der Waals surface area contributed by atoms with Crippen LogP contribution in [0.15, 0.2) is 83.8 Å². The van der Waals surface area contributed by atoms with E-state index in [0.717, 1.165) is 21.7 Å². The van der Waals surface area contributed by atoms with Crippen molar-refractivity contribution in [3.05, 3.63) is 95.0 Å². The summed E-state index contributed by atoms with van der Waals surface area (Å²) in [7, 11) is 0. The molecule has 1 N–H and O–H groups in total. The first kappa shape index (κ1) is 20.5. The average molecular weight is 437 g/mol. The number of nitrogens with zero attached hydrogens (tertiary/aromatic N) is 1. The molecule has 0 saturated carbocycles. The fraction of sp³-hybridized carbons (Fsp3) is 0.167. The maximum atomic E-state index is 13.1. The SMILES string of the molecule is O=C(CN1C(=O)C[C@@H](c2ccccc2)Sc2ccccc21)NCc1ccccc1Cl. The van der Waals surface area contributed by atoms with Gasteiger partial charge in [-0.25, -0.2) is 0 Å². The summed E-state index contributed by atoms with van der Waals surface area (Å²) in [4.78, 5) is 28.4. The van der Waals surface area contributed by atoms with Crippen LogP contribution in [0.5, 0.6) is 0 Å². The van der Waals surface area contributed by atoms with Crippen LogP contribution in [0.2, 0.25) is 5.02 Å². The minimum atomic E-state index is -0.221. The number of amides is 2. The number of para-hydroxylation sites is 1. The lowest BCUT2D eigenvalue weighted by Crippen LogP contribution is -2.40. The standard InChI is InChI=1S/C24H21ClN2O2S/c25-19-11-5-4-10-18(19)15-26-23(28)16-27-20-12-6-7-13-21(20)30-22(14-24(27)29)17-8-2-1-3-9-17/h1-13,22H,14-16H2,(H,26,28)/t22-/m0/s1. The zero-order chi connectivity index (χ0) is 20.9. The summed E-state index contributed by atoms with van der Waals surface area (Å²) >= 11 is 7.83. The number of hydrogen-bond donors (Lipinski definition) is 1. The third-order valence-electron chi connectivity index (χ3n) is 4.99. The number of nitrogens with one attached hydrogen (secondary N) is 1. The highest BCUT2D eigenvalue weighted by Gasteiger charge is 2.30. The minimum absolute atomic E-state index is 0.0102. The van der Waals surface area contributed by atoms with Gasteiger partial charge in [0.05, 0.1) is 5.69 Å². The first-order valence-corrected chi connectivity index (χ1v) is 11.0.